The lowest BCUT2D eigenvalue weighted by Crippen LogP contribution is -2.47. The Kier molecular flexibility index (Phi) is 5.96. The summed E-state index contributed by atoms with van der Waals surface area (Å²) >= 11 is 1.41. The molecule has 0 saturated carbocycles. The first-order valence-corrected chi connectivity index (χ1v) is 9.83. The molecule has 1 amide bonds. The van der Waals surface area contributed by atoms with Crippen molar-refractivity contribution in [2.75, 3.05) is 44.8 Å². The highest BCUT2D eigenvalue weighted by atomic mass is 32.1. The van der Waals surface area contributed by atoms with Gasteiger partial charge in [0.05, 0.1) is 31.9 Å². The molecule has 26 heavy (non-hydrogen) atoms. The van der Waals surface area contributed by atoms with Gasteiger partial charge in [-0.1, -0.05) is 0 Å². The topological polar surface area (TPSA) is 77.1 Å². The van der Waals surface area contributed by atoms with Gasteiger partial charge in [-0.3, -0.25) is 9.69 Å². The van der Waals surface area contributed by atoms with E-state index in [1.54, 1.807) is 6.92 Å². The van der Waals surface area contributed by atoms with Crippen LogP contribution in [0.15, 0.2) is 0 Å². The Bertz CT molecular complexity index is 671. The van der Waals surface area contributed by atoms with Crippen molar-refractivity contribution < 1.29 is 23.8 Å². The number of likely N-dealkylation sites (tertiary alicyclic amines) is 1. The van der Waals surface area contributed by atoms with E-state index in [0.717, 1.165) is 36.4 Å². The molecule has 7 nitrogen and oxygen atoms in total. The molecular formula is C18H26N2O5S. The van der Waals surface area contributed by atoms with E-state index in [2.05, 4.69) is 10.2 Å². The molecule has 1 aromatic rings. The zero-order valence-corrected chi connectivity index (χ0v) is 16.4. The third-order valence-electron chi connectivity index (χ3n) is 4.92. The summed E-state index contributed by atoms with van der Waals surface area (Å²) < 4.78 is 16.6. The molecule has 1 aromatic heterocycles. The Morgan fingerprint density at radius 1 is 1.23 bits per heavy atom. The first-order valence-electron chi connectivity index (χ1n) is 9.01. The van der Waals surface area contributed by atoms with Gasteiger partial charge in [-0.25, -0.2) is 4.79 Å². The van der Waals surface area contributed by atoms with Crippen molar-refractivity contribution in [1.82, 2.24) is 4.90 Å². The first kappa shape index (κ1) is 19.3. The molecule has 1 N–H and O–H groups in total. The molecule has 2 saturated heterocycles. The van der Waals surface area contributed by atoms with E-state index in [4.69, 9.17) is 14.2 Å². The number of aryl methyl sites for hydroxylation is 1. The molecule has 2 aliphatic rings. The average Bonchev–Trinajstić information content (AvgIpc) is 3.16. The lowest BCUT2D eigenvalue weighted by Gasteiger charge is -2.37. The summed E-state index contributed by atoms with van der Waals surface area (Å²) in [7, 11) is 0. The second-order valence-electron chi connectivity index (χ2n) is 6.64. The lowest BCUT2D eigenvalue weighted by molar-refractivity contribution is -0.185. The van der Waals surface area contributed by atoms with E-state index in [1.165, 1.54) is 11.3 Å². The largest absolute Gasteiger partial charge is 0.462 e. The number of nitrogens with zero attached hydrogens (tertiary/aromatic N) is 1. The van der Waals surface area contributed by atoms with Gasteiger partial charge in [-0.05, 0) is 26.3 Å². The third kappa shape index (κ3) is 4.09. The van der Waals surface area contributed by atoms with Crippen LogP contribution in [0, 0.1) is 13.8 Å². The van der Waals surface area contributed by atoms with Gasteiger partial charge in [0.2, 0.25) is 5.91 Å². The van der Waals surface area contributed by atoms with E-state index in [1.807, 2.05) is 13.8 Å². The van der Waals surface area contributed by atoms with Gasteiger partial charge in [0, 0.05) is 30.8 Å². The van der Waals surface area contributed by atoms with E-state index < -0.39 is 5.79 Å². The number of carbonyl (C=O) groups excluding carboxylic acids is 2. The maximum atomic E-state index is 12.5. The number of anilines is 1. The Morgan fingerprint density at radius 2 is 1.88 bits per heavy atom. The summed E-state index contributed by atoms with van der Waals surface area (Å²) in [5.41, 5.74) is 1.33. The molecule has 2 aliphatic heterocycles. The van der Waals surface area contributed by atoms with Crippen LogP contribution in [0.4, 0.5) is 5.00 Å². The SMILES string of the molecule is CCOC(=O)c1c(NC(=O)CN2CCC3(CC2)OCCO3)sc(C)c1C. The number of rotatable bonds is 5. The zero-order chi connectivity index (χ0) is 18.7. The van der Waals surface area contributed by atoms with Gasteiger partial charge in [-0.15, -0.1) is 11.3 Å². The van der Waals surface area contributed by atoms with Crippen molar-refractivity contribution in [3.8, 4) is 0 Å². The standard InChI is InChI=1S/C18H26N2O5S/c1-4-23-17(22)15-12(2)13(3)26-16(15)19-14(21)11-20-7-5-18(6-8-20)24-9-10-25-18/h4-11H2,1-3H3,(H,19,21). The van der Waals surface area contributed by atoms with Crippen molar-refractivity contribution in [3.05, 3.63) is 16.0 Å². The van der Waals surface area contributed by atoms with E-state index in [9.17, 15) is 9.59 Å². The van der Waals surface area contributed by atoms with Crippen LogP contribution < -0.4 is 5.32 Å². The molecule has 0 atom stereocenters. The fourth-order valence-electron chi connectivity index (χ4n) is 3.37. The van der Waals surface area contributed by atoms with Crippen LogP contribution in [0.3, 0.4) is 0 Å². The van der Waals surface area contributed by atoms with Gasteiger partial charge in [0.15, 0.2) is 5.79 Å². The molecule has 3 rings (SSSR count). The molecule has 8 heteroatoms. The Labute approximate surface area is 157 Å². The number of esters is 1. The minimum Gasteiger partial charge on any atom is -0.462 e. The van der Waals surface area contributed by atoms with E-state index >= 15 is 0 Å². The normalized spacial score (nSPS) is 19.7. The van der Waals surface area contributed by atoms with Crippen LogP contribution in [0.1, 0.15) is 40.6 Å². The van der Waals surface area contributed by atoms with Gasteiger partial charge < -0.3 is 19.5 Å². The summed E-state index contributed by atoms with van der Waals surface area (Å²) in [5, 5.41) is 3.46. The van der Waals surface area contributed by atoms with Crippen LogP contribution in [-0.4, -0.2) is 62.0 Å². The minimum atomic E-state index is -0.438. The molecule has 0 unspecified atom stereocenters. The fraction of sp³-hybridized carbons (Fsp3) is 0.667. The summed E-state index contributed by atoms with van der Waals surface area (Å²) in [5.74, 6) is -0.951. The highest BCUT2D eigenvalue weighted by Gasteiger charge is 2.40. The summed E-state index contributed by atoms with van der Waals surface area (Å²) in [6, 6.07) is 0. The lowest BCUT2D eigenvalue weighted by atomic mass is 10.0. The maximum Gasteiger partial charge on any atom is 0.341 e. The molecule has 0 radical (unpaired) electrons. The zero-order valence-electron chi connectivity index (χ0n) is 15.6. The molecule has 3 heterocycles. The Balaban J connectivity index is 1.58. The molecule has 2 fully saturated rings. The number of hydrogen-bond donors (Lipinski definition) is 1. The predicted molar refractivity (Wildman–Crippen MR) is 98.7 cm³/mol. The monoisotopic (exact) mass is 382 g/mol. The molecule has 0 aliphatic carbocycles. The van der Waals surface area contributed by atoms with Crippen LogP contribution in [0.5, 0.6) is 0 Å². The highest BCUT2D eigenvalue weighted by Crippen LogP contribution is 2.34. The van der Waals surface area contributed by atoms with Crippen molar-refractivity contribution in [2.45, 2.75) is 39.4 Å². The second-order valence-corrected chi connectivity index (χ2v) is 7.86. The van der Waals surface area contributed by atoms with Crippen LogP contribution in [-0.2, 0) is 19.0 Å². The third-order valence-corrected chi connectivity index (χ3v) is 6.04. The molecule has 0 bridgehead atoms. The van der Waals surface area contributed by atoms with Gasteiger partial charge >= 0.3 is 5.97 Å². The number of amides is 1. The molecule has 0 aromatic carbocycles. The Hall–Kier alpha value is -1.48. The summed E-state index contributed by atoms with van der Waals surface area (Å²) in [4.78, 5) is 27.8. The average molecular weight is 382 g/mol. The van der Waals surface area contributed by atoms with Gasteiger partial charge in [0.1, 0.15) is 5.00 Å². The number of thiophene rings is 1. The number of piperidine rings is 1. The van der Waals surface area contributed by atoms with Crippen LogP contribution in [0.2, 0.25) is 0 Å². The van der Waals surface area contributed by atoms with Gasteiger partial charge in [-0.2, -0.15) is 0 Å². The van der Waals surface area contributed by atoms with Crippen molar-refractivity contribution in [2.24, 2.45) is 0 Å². The van der Waals surface area contributed by atoms with Crippen molar-refractivity contribution in [1.29, 1.82) is 0 Å². The highest BCUT2D eigenvalue weighted by molar-refractivity contribution is 7.16. The van der Waals surface area contributed by atoms with Gasteiger partial charge in [0.25, 0.3) is 0 Å². The Morgan fingerprint density at radius 3 is 2.50 bits per heavy atom. The number of nitrogens with one attached hydrogen (secondary N) is 1. The number of carbonyl (C=O) groups is 2. The first-order chi connectivity index (χ1) is 12.4. The number of hydrogen-bond acceptors (Lipinski definition) is 7. The van der Waals surface area contributed by atoms with Crippen molar-refractivity contribution >= 4 is 28.2 Å². The quantitative estimate of drug-likeness (QED) is 0.788. The molecular weight excluding hydrogens is 356 g/mol. The van der Waals surface area contributed by atoms with Crippen molar-refractivity contribution in [3.63, 3.8) is 0 Å². The van der Waals surface area contributed by atoms with E-state index in [0.29, 0.717) is 30.4 Å². The number of ether oxygens (including phenoxy) is 3. The van der Waals surface area contributed by atoms with Crippen LogP contribution >= 0.6 is 11.3 Å². The maximum absolute atomic E-state index is 12.5. The second kappa shape index (κ2) is 8.04. The van der Waals surface area contributed by atoms with Crippen LogP contribution in [0.25, 0.3) is 0 Å². The summed E-state index contributed by atoms with van der Waals surface area (Å²) in [6.45, 7) is 8.97. The molecule has 1 spiro atoms. The minimum absolute atomic E-state index is 0.124. The fourth-order valence-corrected chi connectivity index (χ4v) is 4.44. The summed E-state index contributed by atoms with van der Waals surface area (Å²) in [6.07, 6.45) is 1.54. The molecule has 144 valence electrons. The predicted octanol–water partition coefficient (Wildman–Crippen LogP) is 2.32. The smallest absolute Gasteiger partial charge is 0.341 e. The van der Waals surface area contributed by atoms with E-state index in [-0.39, 0.29) is 18.4 Å².